The van der Waals surface area contributed by atoms with Crippen molar-refractivity contribution in [2.24, 2.45) is 4.99 Å². The van der Waals surface area contributed by atoms with Crippen molar-refractivity contribution in [2.75, 3.05) is 10.6 Å². The average molecular weight is 376 g/mol. The van der Waals surface area contributed by atoms with Crippen LogP contribution in [0.1, 0.15) is 0 Å². The minimum Gasteiger partial charge on any atom is -0.350 e. The van der Waals surface area contributed by atoms with Gasteiger partial charge in [-0.2, -0.15) is 0 Å². The van der Waals surface area contributed by atoms with Crippen LogP contribution >= 0.6 is 11.6 Å². The van der Waals surface area contributed by atoms with Gasteiger partial charge in [-0.25, -0.2) is 0 Å². The zero-order valence-electron chi connectivity index (χ0n) is 14.5. The Morgan fingerprint density at radius 2 is 1.22 bits per heavy atom. The highest BCUT2D eigenvalue weighted by Gasteiger charge is 2.14. The van der Waals surface area contributed by atoms with Gasteiger partial charge in [-0.3, -0.25) is 9.79 Å². The van der Waals surface area contributed by atoms with Gasteiger partial charge in [0.2, 0.25) is 0 Å². The topological polar surface area (TPSA) is 53.5 Å². The van der Waals surface area contributed by atoms with Crippen molar-refractivity contribution in [3.8, 4) is 0 Å². The number of aliphatic imine (C=N–C) groups is 1. The van der Waals surface area contributed by atoms with E-state index in [2.05, 4.69) is 15.6 Å². The second-order valence-corrected chi connectivity index (χ2v) is 6.04. The Kier molecular flexibility index (Phi) is 6.39. The van der Waals surface area contributed by atoms with Crippen LogP contribution in [0.3, 0.4) is 0 Å². The first-order valence-corrected chi connectivity index (χ1v) is 8.77. The molecule has 0 heterocycles. The van der Waals surface area contributed by atoms with E-state index in [1.807, 2.05) is 91.0 Å². The third-order valence-corrected chi connectivity index (χ3v) is 3.91. The monoisotopic (exact) mass is 375 g/mol. The van der Waals surface area contributed by atoms with Crippen LogP contribution in [0.15, 0.2) is 107 Å². The second kappa shape index (κ2) is 9.36. The average Bonchev–Trinajstić information content (AvgIpc) is 2.72. The van der Waals surface area contributed by atoms with E-state index < -0.39 is 0 Å². The van der Waals surface area contributed by atoms with Gasteiger partial charge in [-0.15, -0.1) is 0 Å². The van der Waals surface area contributed by atoms with E-state index in [0.29, 0.717) is 5.69 Å². The van der Waals surface area contributed by atoms with Crippen molar-refractivity contribution in [1.29, 1.82) is 0 Å². The molecule has 5 heteroatoms. The lowest BCUT2D eigenvalue weighted by atomic mass is 10.2. The minimum atomic E-state index is -0.352. The summed E-state index contributed by atoms with van der Waals surface area (Å²) in [5, 5.41) is 6.12. The minimum absolute atomic E-state index is 0.205. The molecule has 0 aromatic heterocycles. The third-order valence-electron chi connectivity index (χ3n) is 3.62. The van der Waals surface area contributed by atoms with Gasteiger partial charge in [0.05, 0.1) is 10.7 Å². The molecule has 0 unspecified atom stereocenters. The van der Waals surface area contributed by atoms with Crippen LogP contribution in [0.2, 0.25) is 0 Å². The molecule has 0 aliphatic heterocycles. The fourth-order valence-corrected chi connectivity index (χ4v) is 2.50. The molecule has 134 valence electrons. The summed E-state index contributed by atoms with van der Waals surface area (Å²) >= 11 is 6.41. The number of nitrogens with one attached hydrogen (secondary N) is 2. The van der Waals surface area contributed by atoms with Gasteiger partial charge < -0.3 is 10.6 Å². The molecule has 3 aromatic carbocycles. The van der Waals surface area contributed by atoms with E-state index in [9.17, 15) is 4.79 Å². The number of allylic oxidation sites excluding steroid dienone is 1. The third kappa shape index (κ3) is 5.56. The van der Waals surface area contributed by atoms with Gasteiger partial charge in [0, 0.05) is 17.6 Å². The molecule has 1 amide bonds. The number of benzene rings is 3. The Morgan fingerprint density at radius 1 is 0.741 bits per heavy atom. The summed E-state index contributed by atoms with van der Waals surface area (Å²) in [5.41, 5.74) is 2.39. The standard InChI is InChI=1S/C22H18ClN3O/c23-20(16-24-17-10-4-1-5-11-17)21(25-18-12-6-2-7-13-18)22(27)26-19-14-8-3-9-15-19/h1-16,25H,(H,26,27)/b21-20+,24-16?. The number of hydrogen-bond donors (Lipinski definition) is 2. The van der Waals surface area contributed by atoms with Crippen molar-refractivity contribution >= 4 is 40.8 Å². The van der Waals surface area contributed by atoms with Gasteiger partial charge in [-0.05, 0) is 36.4 Å². The van der Waals surface area contributed by atoms with Gasteiger partial charge >= 0.3 is 0 Å². The maximum Gasteiger partial charge on any atom is 0.273 e. The van der Waals surface area contributed by atoms with Crippen molar-refractivity contribution in [1.82, 2.24) is 0 Å². The molecule has 0 aliphatic carbocycles. The van der Waals surface area contributed by atoms with Crippen molar-refractivity contribution in [3.63, 3.8) is 0 Å². The molecule has 0 atom stereocenters. The number of carbonyl (C=O) groups is 1. The van der Waals surface area contributed by atoms with Gasteiger partial charge in [0.25, 0.3) is 5.91 Å². The molecule has 0 aliphatic rings. The largest absolute Gasteiger partial charge is 0.350 e. The van der Waals surface area contributed by atoms with Crippen LogP contribution < -0.4 is 10.6 Å². The van der Waals surface area contributed by atoms with Crippen LogP contribution in [0.25, 0.3) is 0 Å². The summed E-state index contributed by atoms with van der Waals surface area (Å²) in [6.45, 7) is 0. The molecular weight excluding hydrogens is 358 g/mol. The summed E-state index contributed by atoms with van der Waals surface area (Å²) in [7, 11) is 0. The van der Waals surface area contributed by atoms with E-state index in [-0.39, 0.29) is 16.6 Å². The normalized spacial score (nSPS) is 11.7. The van der Waals surface area contributed by atoms with Crippen LogP contribution in [-0.4, -0.2) is 12.1 Å². The van der Waals surface area contributed by atoms with E-state index in [4.69, 9.17) is 11.6 Å². The lowest BCUT2D eigenvalue weighted by Gasteiger charge is -2.12. The number of anilines is 2. The fourth-order valence-electron chi connectivity index (χ4n) is 2.32. The highest BCUT2D eigenvalue weighted by Crippen LogP contribution is 2.18. The van der Waals surface area contributed by atoms with Crippen LogP contribution in [0.5, 0.6) is 0 Å². The van der Waals surface area contributed by atoms with E-state index in [1.54, 1.807) is 0 Å². The first-order valence-electron chi connectivity index (χ1n) is 8.40. The summed E-state index contributed by atoms with van der Waals surface area (Å²) in [6, 6.07) is 28.0. The molecule has 0 saturated carbocycles. The smallest absolute Gasteiger partial charge is 0.273 e. The molecule has 4 nitrogen and oxygen atoms in total. The van der Waals surface area contributed by atoms with Gasteiger partial charge in [0.1, 0.15) is 5.70 Å². The van der Waals surface area contributed by atoms with E-state index in [0.717, 1.165) is 11.4 Å². The number of rotatable bonds is 6. The van der Waals surface area contributed by atoms with E-state index >= 15 is 0 Å². The van der Waals surface area contributed by atoms with Crippen molar-refractivity contribution in [3.05, 3.63) is 102 Å². The highest BCUT2D eigenvalue weighted by atomic mass is 35.5. The number of nitrogens with zero attached hydrogens (tertiary/aromatic N) is 1. The van der Waals surface area contributed by atoms with Crippen molar-refractivity contribution < 1.29 is 4.79 Å². The molecule has 0 saturated heterocycles. The first kappa shape index (κ1) is 18.4. The first-order chi connectivity index (χ1) is 13.2. The molecule has 27 heavy (non-hydrogen) atoms. The highest BCUT2D eigenvalue weighted by molar-refractivity contribution is 6.42. The molecule has 0 fully saturated rings. The Morgan fingerprint density at radius 3 is 1.78 bits per heavy atom. The molecule has 0 spiro atoms. The zero-order chi connectivity index (χ0) is 18.9. The van der Waals surface area contributed by atoms with Gasteiger partial charge in [-0.1, -0.05) is 66.2 Å². The molecule has 2 N–H and O–H groups in total. The summed E-state index contributed by atoms with van der Waals surface area (Å²) in [4.78, 5) is 17.1. The predicted molar refractivity (Wildman–Crippen MR) is 113 cm³/mol. The number of hydrogen-bond acceptors (Lipinski definition) is 3. The summed E-state index contributed by atoms with van der Waals surface area (Å²) < 4.78 is 0. The Hall–Kier alpha value is -3.37. The van der Waals surface area contributed by atoms with Gasteiger partial charge in [0.15, 0.2) is 0 Å². The number of amides is 1. The number of para-hydroxylation sites is 3. The predicted octanol–water partition coefficient (Wildman–Crippen LogP) is 5.59. The SMILES string of the molecule is O=C(Nc1ccccc1)/C(Nc1ccccc1)=C(\Cl)C=Nc1ccccc1. The van der Waals surface area contributed by atoms with Crippen LogP contribution in [0.4, 0.5) is 17.1 Å². The molecule has 0 bridgehead atoms. The zero-order valence-corrected chi connectivity index (χ0v) is 15.2. The molecule has 3 aromatic rings. The molecule has 3 rings (SSSR count). The Labute approximate surface area is 163 Å². The lowest BCUT2D eigenvalue weighted by molar-refractivity contribution is -0.112. The quantitative estimate of drug-likeness (QED) is 0.436. The van der Waals surface area contributed by atoms with Crippen LogP contribution in [-0.2, 0) is 4.79 Å². The fraction of sp³-hybridized carbons (Fsp3) is 0. The van der Waals surface area contributed by atoms with Crippen molar-refractivity contribution in [2.45, 2.75) is 0 Å². The Bertz CT molecular complexity index is 939. The lowest BCUT2D eigenvalue weighted by Crippen LogP contribution is -2.21. The Balaban J connectivity index is 1.88. The number of halogens is 1. The van der Waals surface area contributed by atoms with Crippen LogP contribution in [0, 0.1) is 0 Å². The summed E-state index contributed by atoms with van der Waals surface area (Å²) in [6.07, 6.45) is 1.47. The molecule has 0 radical (unpaired) electrons. The maximum absolute atomic E-state index is 12.8. The number of carbonyl (C=O) groups excluding carboxylic acids is 1. The van der Waals surface area contributed by atoms with E-state index in [1.165, 1.54) is 6.21 Å². The molecular formula is C22H18ClN3O. The second-order valence-electron chi connectivity index (χ2n) is 5.63. The maximum atomic E-state index is 12.8. The summed E-state index contributed by atoms with van der Waals surface area (Å²) in [5.74, 6) is -0.352.